The zero-order valence-corrected chi connectivity index (χ0v) is 12.7. The maximum atomic E-state index is 4.59. The summed E-state index contributed by atoms with van der Waals surface area (Å²) in [5, 5.41) is 7.21. The molecule has 0 aliphatic heterocycles. The molecular formula is C15H26N2S. The third kappa shape index (κ3) is 3.12. The van der Waals surface area contributed by atoms with Gasteiger partial charge in [0.05, 0.1) is 5.54 Å². The summed E-state index contributed by atoms with van der Waals surface area (Å²) < 4.78 is 0. The van der Waals surface area contributed by atoms with E-state index >= 15 is 0 Å². The second kappa shape index (κ2) is 6.16. The molecule has 0 aromatic carbocycles. The third-order valence-electron chi connectivity index (χ3n) is 4.06. The van der Waals surface area contributed by atoms with Crippen LogP contribution in [0.1, 0.15) is 64.3 Å². The molecule has 3 heteroatoms. The highest BCUT2D eigenvalue weighted by Crippen LogP contribution is 2.41. The summed E-state index contributed by atoms with van der Waals surface area (Å²) in [6.45, 7) is 6.79. The van der Waals surface area contributed by atoms with E-state index in [9.17, 15) is 0 Å². The Kier molecular flexibility index (Phi) is 4.79. The van der Waals surface area contributed by atoms with Crippen molar-refractivity contribution in [3.63, 3.8) is 0 Å². The maximum Gasteiger partial charge on any atom is 0.113 e. The summed E-state index contributed by atoms with van der Waals surface area (Å²) >= 11 is 1.81. The van der Waals surface area contributed by atoms with Crippen LogP contribution in [0.5, 0.6) is 0 Å². The van der Waals surface area contributed by atoms with Crippen molar-refractivity contribution < 1.29 is 0 Å². The average Bonchev–Trinajstić information content (AvgIpc) is 2.85. The van der Waals surface area contributed by atoms with Crippen molar-refractivity contribution in [2.45, 2.75) is 70.9 Å². The van der Waals surface area contributed by atoms with Crippen molar-refractivity contribution in [2.24, 2.45) is 5.92 Å². The summed E-state index contributed by atoms with van der Waals surface area (Å²) in [5.74, 6) is 0.942. The summed E-state index contributed by atoms with van der Waals surface area (Å²) in [6.07, 6.45) is 9.89. The number of thiazole rings is 1. The topological polar surface area (TPSA) is 24.9 Å². The van der Waals surface area contributed by atoms with Crippen LogP contribution in [0.4, 0.5) is 0 Å². The van der Waals surface area contributed by atoms with Gasteiger partial charge >= 0.3 is 0 Å². The fourth-order valence-electron chi connectivity index (χ4n) is 3.30. The van der Waals surface area contributed by atoms with Crippen molar-refractivity contribution >= 4 is 11.3 Å². The zero-order chi connectivity index (χ0) is 13.0. The Morgan fingerprint density at radius 1 is 1.44 bits per heavy atom. The van der Waals surface area contributed by atoms with E-state index in [4.69, 9.17) is 0 Å². The van der Waals surface area contributed by atoms with E-state index < -0.39 is 0 Å². The normalized spacial score (nSPS) is 28.8. The molecule has 1 aliphatic rings. The van der Waals surface area contributed by atoms with Gasteiger partial charge in [0.1, 0.15) is 5.01 Å². The Morgan fingerprint density at radius 2 is 2.17 bits per heavy atom. The molecule has 2 nitrogen and oxygen atoms in total. The molecule has 102 valence electrons. The Labute approximate surface area is 115 Å². The van der Waals surface area contributed by atoms with E-state index in [0.717, 1.165) is 5.92 Å². The Morgan fingerprint density at radius 3 is 2.67 bits per heavy atom. The first kappa shape index (κ1) is 14.0. The van der Waals surface area contributed by atoms with Crippen molar-refractivity contribution in [3.05, 3.63) is 16.6 Å². The molecule has 2 rings (SSSR count). The quantitative estimate of drug-likeness (QED) is 0.858. The number of hydrogen-bond donors (Lipinski definition) is 1. The third-order valence-corrected chi connectivity index (χ3v) is 5.04. The van der Waals surface area contributed by atoms with Gasteiger partial charge in [-0.15, -0.1) is 11.3 Å². The second-order valence-electron chi connectivity index (χ2n) is 5.95. The monoisotopic (exact) mass is 266 g/mol. The van der Waals surface area contributed by atoms with E-state index in [1.807, 2.05) is 17.5 Å². The first-order valence-electron chi connectivity index (χ1n) is 7.34. The number of nitrogens with zero attached hydrogens (tertiary/aromatic N) is 1. The van der Waals surface area contributed by atoms with Crippen LogP contribution in [-0.4, -0.2) is 11.0 Å². The van der Waals surface area contributed by atoms with Gasteiger partial charge in [0.2, 0.25) is 0 Å². The zero-order valence-electron chi connectivity index (χ0n) is 11.9. The Hall–Kier alpha value is -0.410. The van der Waals surface area contributed by atoms with Crippen LogP contribution in [0, 0.1) is 5.92 Å². The molecule has 0 radical (unpaired) electrons. The number of rotatable bonds is 5. The standard InChI is InChI=1S/C15H26N2S/c1-4-5-13-6-8-15(9-7-13,17-12(2)3)14-16-10-11-18-14/h10-13,17H,4-9H2,1-3H3. The smallest absolute Gasteiger partial charge is 0.113 e. The van der Waals surface area contributed by atoms with Gasteiger partial charge in [-0.25, -0.2) is 4.98 Å². The van der Waals surface area contributed by atoms with Gasteiger partial charge in [-0.1, -0.05) is 19.8 Å². The Bertz CT molecular complexity index is 337. The first-order valence-corrected chi connectivity index (χ1v) is 8.22. The van der Waals surface area contributed by atoms with Crippen molar-refractivity contribution in [2.75, 3.05) is 0 Å². The summed E-state index contributed by atoms with van der Waals surface area (Å²) in [7, 11) is 0. The fourth-order valence-corrected chi connectivity index (χ4v) is 4.16. The summed E-state index contributed by atoms with van der Waals surface area (Å²) in [4.78, 5) is 4.59. The molecule has 0 bridgehead atoms. The van der Waals surface area contributed by atoms with Gasteiger partial charge < -0.3 is 5.32 Å². The van der Waals surface area contributed by atoms with E-state index in [1.54, 1.807) is 0 Å². The van der Waals surface area contributed by atoms with E-state index in [2.05, 4.69) is 36.5 Å². The molecule has 1 aliphatic carbocycles. The molecule has 0 unspecified atom stereocenters. The molecule has 0 saturated heterocycles. The minimum atomic E-state index is 0.159. The first-order chi connectivity index (χ1) is 8.66. The van der Waals surface area contributed by atoms with Gasteiger partial charge in [0.25, 0.3) is 0 Å². The highest BCUT2D eigenvalue weighted by atomic mass is 32.1. The molecule has 1 N–H and O–H groups in total. The highest BCUT2D eigenvalue weighted by Gasteiger charge is 2.38. The lowest BCUT2D eigenvalue weighted by Gasteiger charge is -2.41. The van der Waals surface area contributed by atoms with Crippen LogP contribution in [0.15, 0.2) is 11.6 Å². The molecule has 0 spiro atoms. The van der Waals surface area contributed by atoms with Crippen LogP contribution in [0.25, 0.3) is 0 Å². The number of nitrogens with one attached hydrogen (secondary N) is 1. The van der Waals surface area contributed by atoms with Crippen LogP contribution >= 0.6 is 11.3 Å². The highest BCUT2D eigenvalue weighted by molar-refractivity contribution is 7.09. The summed E-state index contributed by atoms with van der Waals surface area (Å²) in [6, 6.07) is 0.525. The van der Waals surface area contributed by atoms with Gasteiger partial charge in [0, 0.05) is 17.6 Å². The lowest BCUT2D eigenvalue weighted by Crippen LogP contribution is -2.48. The number of hydrogen-bond acceptors (Lipinski definition) is 3. The minimum Gasteiger partial charge on any atom is -0.303 e. The van der Waals surface area contributed by atoms with Crippen LogP contribution in [0.3, 0.4) is 0 Å². The molecule has 18 heavy (non-hydrogen) atoms. The fraction of sp³-hybridized carbons (Fsp3) is 0.800. The van der Waals surface area contributed by atoms with Crippen molar-refractivity contribution in [1.29, 1.82) is 0 Å². The lowest BCUT2D eigenvalue weighted by molar-refractivity contribution is 0.170. The van der Waals surface area contributed by atoms with Gasteiger partial charge in [-0.3, -0.25) is 0 Å². The summed E-state index contributed by atoms with van der Waals surface area (Å²) in [5.41, 5.74) is 0.159. The van der Waals surface area contributed by atoms with Gasteiger partial charge in [0.15, 0.2) is 0 Å². The van der Waals surface area contributed by atoms with E-state index in [1.165, 1.54) is 43.5 Å². The molecule has 1 heterocycles. The van der Waals surface area contributed by atoms with Crippen LogP contribution < -0.4 is 5.32 Å². The predicted octanol–water partition coefficient (Wildman–Crippen LogP) is 4.33. The van der Waals surface area contributed by atoms with E-state index in [0.29, 0.717) is 6.04 Å². The molecule has 0 atom stereocenters. The molecule has 1 fully saturated rings. The lowest BCUT2D eigenvalue weighted by atomic mass is 9.75. The maximum absolute atomic E-state index is 4.59. The van der Waals surface area contributed by atoms with Crippen molar-refractivity contribution in [3.8, 4) is 0 Å². The Balaban J connectivity index is 2.09. The number of aromatic nitrogens is 1. The molecular weight excluding hydrogens is 240 g/mol. The largest absolute Gasteiger partial charge is 0.303 e. The van der Waals surface area contributed by atoms with Gasteiger partial charge in [-0.2, -0.15) is 0 Å². The minimum absolute atomic E-state index is 0.159. The molecule has 1 aromatic heterocycles. The van der Waals surface area contributed by atoms with Crippen LogP contribution in [-0.2, 0) is 5.54 Å². The molecule has 0 amide bonds. The van der Waals surface area contributed by atoms with Crippen LogP contribution in [0.2, 0.25) is 0 Å². The van der Waals surface area contributed by atoms with Crippen molar-refractivity contribution in [1.82, 2.24) is 10.3 Å². The predicted molar refractivity (Wildman–Crippen MR) is 78.9 cm³/mol. The van der Waals surface area contributed by atoms with Gasteiger partial charge in [-0.05, 0) is 45.4 Å². The second-order valence-corrected chi connectivity index (χ2v) is 6.85. The molecule has 1 aromatic rings. The average molecular weight is 266 g/mol. The van der Waals surface area contributed by atoms with E-state index in [-0.39, 0.29) is 5.54 Å². The SMILES string of the molecule is CCCC1CCC(NC(C)C)(c2nccs2)CC1. The molecule has 1 saturated carbocycles.